The third-order valence-corrected chi connectivity index (χ3v) is 5.42. The van der Waals surface area contributed by atoms with Gasteiger partial charge in [-0.1, -0.05) is 51.1 Å². The molecular formula is C29H28O4. The maximum absolute atomic E-state index is 10.8. The van der Waals surface area contributed by atoms with Crippen LogP contribution in [0.5, 0.6) is 34.5 Å². The highest BCUT2D eigenvalue weighted by Crippen LogP contribution is 2.46. The van der Waals surface area contributed by atoms with Gasteiger partial charge in [0, 0.05) is 11.5 Å². The van der Waals surface area contributed by atoms with Gasteiger partial charge in [0.25, 0.3) is 0 Å². The maximum atomic E-state index is 10.8. The predicted octanol–water partition coefficient (Wildman–Crippen LogP) is 7.86. The molecule has 2 N–H and O–H groups in total. The van der Waals surface area contributed by atoms with Crippen molar-refractivity contribution in [1.82, 2.24) is 0 Å². The molecule has 0 radical (unpaired) electrons. The fourth-order valence-corrected chi connectivity index (χ4v) is 4.01. The Morgan fingerprint density at radius 1 is 0.606 bits per heavy atom. The van der Waals surface area contributed by atoms with E-state index in [1.807, 2.05) is 54.6 Å². The van der Waals surface area contributed by atoms with E-state index in [2.05, 4.69) is 26.8 Å². The van der Waals surface area contributed by atoms with Crippen LogP contribution in [0.3, 0.4) is 0 Å². The van der Waals surface area contributed by atoms with E-state index in [0.29, 0.717) is 11.5 Å². The summed E-state index contributed by atoms with van der Waals surface area (Å²) in [4.78, 5) is 0. The van der Waals surface area contributed by atoms with Gasteiger partial charge in [-0.05, 0) is 77.7 Å². The molecule has 0 saturated carbocycles. The van der Waals surface area contributed by atoms with Crippen LogP contribution in [0.15, 0.2) is 97.1 Å². The average molecular weight is 441 g/mol. The van der Waals surface area contributed by atoms with Crippen molar-refractivity contribution in [3.63, 3.8) is 0 Å². The summed E-state index contributed by atoms with van der Waals surface area (Å²) in [6.07, 6.45) is 0. The Labute approximate surface area is 194 Å². The molecule has 0 aromatic heterocycles. The van der Waals surface area contributed by atoms with Crippen molar-refractivity contribution in [2.45, 2.75) is 26.7 Å². The summed E-state index contributed by atoms with van der Waals surface area (Å²) in [5.74, 6) is 3.01. The molecule has 0 bridgehead atoms. The zero-order valence-electron chi connectivity index (χ0n) is 19.0. The van der Waals surface area contributed by atoms with E-state index in [-0.39, 0.29) is 22.8 Å². The highest BCUT2D eigenvalue weighted by atomic mass is 16.5. The Hall–Kier alpha value is -3.92. The number of hydrogen-bond acceptors (Lipinski definition) is 4. The number of aromatic hydroxyl groups is 2. The maximum Gasteiger partial charge on any atom is 0.127 e. The first-order valence-electron chi connectivity index (χ1n) is 10.9. The van der Waals surface area contributed by atoms with E-state index < -0.39 is 0 Å². The number of para-hydroxylation sites is 1. The molecule has 4 aromatic rings. The van der Waals surface area contributed by atoms with Gasteiger partial charge in [-0.3, -0.25) is 0 Å². The molecule has 0 aliphatic rings. The molecule has 1 unspecified atom stereocenters. The molecule has 4 aromatic carbocycles. The van der Waals surface area contributed by atoms with Gasteiger partial charge in [0.1, 0.15) is 34.5 Å². The van der Waals surface area contributed by atoms with Crippen LogP contribution in [0.2, 0.25) is 0 Å². The third-order valence-electron chi connectivity index (χ3n) is 5.42. The standard InChI is InChI=1S/C29H28O4/c1-29(2,3)28(20-8-7-11-24(18-20)32-22-9-5-4-6-10-22)26-19-25(16-17-27(26)31)33-23-14-12-21(30)13-15-23/h4-19,28,30-31H,1-3H3. The molecule has 0 fully saturated rings. The van der Waals surface area contributed by atoms with E-state index in [1.54, 1.807) is 36.4 Å². The number of benzene rings is 4. The molecule has 33 heavy (non-hydrogen) atoms. The molecule has 0 aliphatic carbocycles. The Balaban J connectivity index is 1.69. The van der Waals surface area contributed by atoms with Crippen LogP contribution < -0.4 is 9.47 Å². The quantitative estimate of drug-likeness (QED) is 0.320. The molecule has 4 rings (SSSR count). The molecule has 168 valence electrons. The summed E-state index contributed by atoms with van der Waals surface area (Å²) in [5, 5.41) is 20.3. The van der Waals surface area contributed by atoms with E-state index in [4.69, 9.17) is 9.47 Å². The lowest BCUT2D eigenvalue weighted by Crippen LogP contribution is -2.20. The normalized spacial score (nSPS) is 12.2. The first-order chi connectivity index (χ1) is 15.8. The van der Waals surface area contributed by atoms with Crippen molar-refractivity contribution < 1.29 is 19.7 Å². The molecule has 0 amide bonds. The van der Waals surface area contributed by atoms with Crippen molar-refractivity contribution in [1.29, 1.82) is 0 Å². The van der Waals surface area contributed by atoms with Crippen LogP contribution in [-0.4, -0.2) is 10.2 Å². The van der Waals surface area contributed by atoms with Gasteiger partial charge in [0.15, 0.2) is 0 Å². The van der Waals surface area contributed by atoms with Crippen molar-refractivity contribution in [2.24, 2.45) is 5.41 Å². The molecule has 4 heteroatoms. The summed E-state index contributed by atoms with van der Waals surface area (Å²) >= 11 is 0. The zero-order chi connectivity index (χ0) is 23.4. The minimum absolute atomic E-state index is 0.111. The smallest absolute Gasteiger partial charge is 0.127 e. The van der Waals surface area contributed by atoms with E-state index in [9.17, 15) is 10.2 Å². The fraction of sp³-hybridized carbons (Fsp3) is 0.172. The van der Waals surface area contributed by atoms with E-state index in [0.717, 1.165) is 22.6 Å². The molecular weight excluding hydrogens is 412 g/mol. The van der Waals surface area contributed by atoms with Crippen LogP contribution in [0.1, 0.15) is 37.8 Å². The van der Waals surface area contributed by atoms with Gasteiger partial charge in [-0.15, -0.1) is 0 Å². The number of phenolic OH excluding ortho intramolecular Hbond substituents is 2. The van der Waals surface area contributed by atoms with Gasteiger partial charge in [-0.2, -0.15) is 0 Å². The van der Waals surface area contributed by atoms with Crippen molar-refractivity contribution in [3.05, 3.63) is 108 Å². The lowest BCUT2D eigenvalue weighted by molar-refractivity contribution is 0.345. The summed E-state index contributed by atoms with van der Waals surface area (Å²) in [7, 11) is 0. The number of rotatable bonds is 6. The van der Waals surface area contributed by atoms with Crippen LogP contribution in [0.4, 0.5) is 0 Å². The van der Waals surface area contributed by atoms with Crippen LogP contribution in [0, 0.1) is 5.41 Å². The van der Waals surface area contributed by atoms with Crippen LogP contribution >= 0.6 is 0 Å². The highest BCUT2D eigenvalue weighted by Gasteiger charge is 2.31. The topological polar surface area (TPSA) is 58.9 Å². The van der Waals surface area contributed by atoms with Gasteiger partial charge in [0.05, 0.1) is 0 Å². The second kappa shape index (κ2) is 9.29. The van der Waals surface area contributed by atoms with E-state index in [1.165, 1.54) is 0 Å². The monoisotopic (exact) mass is 440 g/mol. The van der Waals surface area contributed by atoms with Crippen molar-refractivity contribution in [3.8, 4) is 34.5 Å². The number of hydrogen-bond donors (Lipinski definition) is 2. The Morgan fingerprint density at radius 3 is 1.85 bits per heavy atom. The Kier molecular flexibility index (Phi) is 6.27. The highest BCUT2D eigenvalue weighted by molar-refractivity contribution is 5.49. The SMILES string of the molecule is CC(C)(C)C(c1cccc(Oc2ccccc2)c1)c1cc(Oc2ccc(O)cc2)ccc1O. The molecule has 1 atom stereocenters. The second-order valence-electron chi connectivity index (χ2n) is 9.10. The molecule has 4 nitrogen and oxygen atoms in total. The Morgan fingerprint density at radius 2 is 1.18 bits per heavy atom. The van der Waals surface area contributed by atoms with Gasteiger partial charge < -0.3 is 19.7 Å². The van der Waals surface area contributed by atoms with Crippen LogP contribution in [0.25, 0.3) is 0 Å². The minimum atomic E-state index is -0.194. The largest absolute Gasteiger partial charge is 0.508 e. The number of phenols is 2. The molecule has 0 aliphatic heterocycles. The lowest BCUT2D eigenvalue weighted by Gasteiger charge is -2.32. The molecule has 0 heterocycles. The van der Waals surface area contributed by atoms with Gasteiger partial charge >= 0.3 is 0 Å². The Bertz CT molecular complexity index is 1210. The lowest BCUT2D eigenvalue weighted by atomic mass is 9.72. The summed E-state index contributed by atoms with van der Waals surface area (Å²) < 4.78 is 12.0. The van der Waals surface area contributed by atoms with Gasteiger partial charge in [0.2, 0.25) is 0 Å². The third kappa shape index (κ3) is 5.47. The van der Waals surface area contributed by atoms with E-state index >= 15 is 0 Å². The zero-order valence-corrected chi connectivity index (χ0v) is 19.0. The van der Waals surface area contributed by atoms with Crippen molar-refractivity contribution >= 4 is 0 Å². The molecule has 0 saturated heterocycles. The summed E-state index contributed by atoms with van der Waals surface area (Å²) in [5.41, 5.74) is 1.61. The first kappa shape index (κ1) is 22.3. The second-order valence-corrected chi connectivity index (χ2v) is 9.10. The van der Waals surface area contributed by atoms with Crippen LogP contribution in [-0.2, 0) is 0 Å². The summed E-state index contributed by atoms with van der Waals surface area (Å²) in [6, 6.07) is 29.5. The fourth-order valence-electron chi connectivity index (χ4n) is 4.01. The van der Waals surface area contributed by atoms with Crippen molar-refractivity contribution in [2.75, 3.05) is 0 Å². The molecule has 0 spiro atoms. The minimum Gasteiger partial charge on any atom is -0.508 e. The predicted molar refractivity (Wildman–Crippen MR) is 131 cm³/mol. The number of ether oxygens (including phenoxy) is 2. The van der Waals surface area contributed by atoms with Gasteiger partial charge in [-0.25, -0.2) is 0 Å². The first-order valence-corrected chi connectivity index (χ1v) is 10.9. The average Bonchev–Trinajstić information content (AvgIpc) is 2.78. The summed E-state index contributed by atoms with van der Waals surface area (Å²) in [6.45, 7) is 6.44.